The third kappa shape index (κ3) is 2.50. The van der Waals surface area contributed by atoms with Gasteiger partial charge in [-0.25, -0.2) is 17.9 Å². The molecule has 0 aliphatic heterocycles. The van der Waals surface area contributed by atoms with Crippen LogP contribution >= 0.6 is 0 Å². The molecule has 3 N–H and O–H groups in total. The average Bonchev–Trinajstić information content (AvgIpc) is 2.27. The molecule has 1 unspecified atom stereocenters. The van der Waals surface area contributed by atoms with Crippen molar-refractivity contribution in [2.45, 2.75) is 24.6 Å². The molecule has 1 aromatic rings. The van der Waals surface area contributed by atoms with Gasteiger partial charge >= 0.3 is 0 Å². The van der Waals surface area contributed by atoms with Gasteiger partial charge in [-0.2, -0.15) is 5.10 Å². The Morgan fingerprint density at radius 2 is 2.36 bits per heavy atom. The highest BCUT2D eigenvalue weighted by molar-refractivity contribution is 7.89. The maximum absolute atomic E-state index is 12.9. The molecule has 1 heterocycles. The summed E-state index contributed by atoms with van der Waals surface area (Å²) in [6.45, 7) is 1.47. The van der Waals surface area contributed by atoms with Crippen LogP contribution in [-0.4, -0.2) is 29.4 Å². The van der Waals surface area contributed by atoms with E-state index in [2.05, 4.69) is 5.10 Å². The number of halogens is 1. The number of rotatable bonds is 3. The van der Waals surface area contributed by atoms with Crippen molar-refractivity contribution in [2.75, 3.05) is 0 Å². The molecule has 1 rings (SSSR count). The summed E-state index contributed by atoms with van der Waals surface area (Å²) in [4.78, 5) is 0. The van der Waals surface area contributed by atoms with Crippen LogP contribution in [0.15, 0.2) is 11.2 Å². The summed E-state index contributed by atoms with van der Waals surface area (Å²) in [5.41, 5.74) is 0. The first-order chi connectivity index (χ1) is 6.30. The van der Waals surface area contributed by atoms with Gasteiger partial charge in [0, 0.05) is 0 Å². The fourth-order valence-corrected chi connectivity index (χ4v) is 1.48. The normalized spacial score (nSPS) is 14.3. The Hall–Kier alpha value is -0.990. The van der Waals surface area contributed by atoms with Crippen LogP contribution in [0.5, 0.6) is 0 Å². The van der Waals surface area contributed by atoms with Crippen LogP contribution in [0.2, 0.25) is 0 Å². The zero-order chi connectivity index (χ0) is 10.9. The molecule has 0 fully saturated rings. The second-order valence-corrected chi connectivity index (χ2v) is 4.37. The number of aliphatic hydroxyl groups is 1. The van der Waals surface area contributed by atoms with Gasteiger partial charge in [-0.1, -0.05) is 0 Å². The van der Waals surface area contributed by atoms with Crippen molar-refractivity contribution in [1.29, 1.82) is 0 Å². The van der Waals surface area contributed by atoms with Crippen LogP contribution in [0.3, 0.4) is 0 Å². The summed E-state index contributed by atoms with van der Waals surface area (Å²) in [5, 5.41) is 16.2. The monoisotopic (exact) mass is 223 g/mol. The molecule has 0 aliphatic rings. The SMILES string of the molecule is CC(O)Cn1cc(F)c(S(N)(=O)=O)n1. The van der Waals surface area contributed by atoms with Crippen LogP contribution in [0.4, 0.5) is 4.39 Å². The molecular formula is C6H10FN3O3S. The molecule has 0 saturated carbocycles. The summed E-state index contributed by atoms with van der Waals surface area (Å²) in [7, 11) is -4.14. The lowest BCUT2D eigenvalue weighted by Gasteiger charge is -2.02. The number of hydrogen-bond donors (Lipinski definition) is 2. The van der Waals surface area contributed by atoms with E-state index >= 15 is 0 Å². The predicted octanol–water partition coefficient (Wildman–Crippen LogP) is -0.950. The van der Waals surface area contributed by atoms with Gasteiger partial charge in [0.25, 0.3) is 10.0 Å². The molecule has 1 atom stereocenters. The third-order valence-corrected chi connectivity index (χ3v) is 2.22. The number of primary sulfonamides is 1. The van der Waals surface area contributed by atoms with Gasteiger partial charge in [-0.15, -0.1) is 0 Å². The first-order valence-corrected chi connectivity index (χ1v) is 5.29. The van der Waals surface area contributed by atoms with Gasteiger partial charge in [0.1, 0.15) is 0 Å². The first-order valence-electron chi connectivity index (χ1n) is 3.74. The van der Waals surface area contributed by atoms with Crippen LogP contribution in [0, 0.1) is 5.82 Å². The predicted molar refractivity (Wildman–Crippen MR) is 45.2 cm³/mol. The Bertz CT molecular complexity index is 426. The molecule has 0 aromatic carbocycles. The fourth-order valence-electron chi connectivity index (χ4n) is 0.936. The van der Waals surface area contributed by atoms with Crippen molar-refractivity contribution in [3.63, 3.8) is 0 Å². The van der Waals surface area contributed by atoms with Gasteiger partial charge in [-0.3, -0.25) is 4.68 Å². The Labute approximate surface area is 80.2 Å². The minimum absolute atomic E-state index is 0.00639. The van der Waals surface area contributed by atoms with Gasteiger partial charge in [-0.05, 0) is 6.92 Å². The number of aliphatic hydroxyl groups excluding tert-OH is 1. The van der Waals surface area contributed by atoms with Crippen molar-refractivity contribution in [3.8, 4) is 0 Å². The van der Waals surface area contributed by atoms with Crippen LogP contribution in [0.1, 0.15) is 6.92 Å². The van der Waals surface area contributed by atoms with E-state index in [0.717, 1.165) is 10.9 Å². The van der Waals surface area contributed by atoms with Gasteiger partial charge in [0.05, 0.1) is 18.8 Å². The van der Waals surface area contributed by atoms with Crippen LogP contribution in [0.25, 0.3) is 0 Å². The number of hydrogen-bond acceptors (Lipinski definition) is 4. The number of nitrogens with two attached hydrogens (primary N) is 1. The van der Waals surface area contributed by atoms with Crippen molar-refractivity contribution in [2.24, 2.45) is 5.14 Å². The molecule has 0 aliphatic carbocycles. The lowest BCUT2D eigenvalue weighted by atomic mass is 10.4. The standard InChI is InChI=1S/C6H10FN3O3S/c1-4(11)2-10-3-5(7)6(9-10)14(8,12)13/h3-4,11H,2H2,1H3,(H2,8,12,13). The number of sulfonamides is 1. The topological polar surface area (TPSA) is 98.2 Å². The zero-order valence-corrected chi connectivity index (χ0v) is 8.20. The van der Waals surface area contributed by atoms with E-state index in [4.69, 9.17) is 10.2 Å². The Balaban J connectivity index is 3.06. The smallest absolute Gasteiger partial charge is 0.260 e. The Morgan fingerprint density at radius 1 is 1.79 bits per heavy atom. The lowest BCUT2D eigenvalue weighted by molar-refractivity contribution is 0.168. The Morgan fingerprint density at radius 3 is 2.71 bits per heavy atom. The molecule has 0 amide bonds. The van der Waals surface area contributed by atoms with Crippen LogP contribution in [-0.2, 0) is 16.6 Å². The van der Waals surface area contributed by atoms with E-state index in [1.54, 1.807) is 0 Å². The molecule has 1 aromatic heterocycles. The summed E-state index contributed by atoms with van der Waals surface area (Å²) in [6, 6.07) is 0. The van der Waals surface area contributed by atoms with Crippen molar-refractivity contribution < 1.29 is 17.9 Å². The number of nitrogens with zero attached hydrogens (tertiary/aromatic N) is 2. The van der Waals surface area contributed by atoms with Gasteiger partial charge in [0.2, 0.25) is 5.03 Å². The van der Waals surface area contributed by atoms with E-state index in [9.17, 15) is 12.8 Å². The van der Waals surface area contributed by atoms with Gasteiger partial charge < -0.3 is 5.11 Å². The molecule has 0 radical (unpaired) electrons. The highest BCUT2D eigenvalue weighted by Crippen LogP contribution is 2.09. The van der Waals surface area contributed by atoms with Crippen molar-refractivity contribution in [3.05, 3.63) is 12.0 Å². The molecule has 0 spiro atoms. The highest BCUT2D eigenvalue weighted by atomic mass is 32.2. The van der Waals surface area contributed by atoms with Crippen molar-refractivity contribution in [1.82, 2.24) is 9.78 Å². The molecule has 8 heteroatoms. The lowest BCUT2D eigenvalue weighted by Crippen LogP contribution is -2.16. The van der Waals surface area contributed by atoms with Crippen LogP contribution < -0.4 is 5.14 Å². The van der Waals surface area contributed by atoms with E-state index in [1.807, 2.05) is 0 Å². The maximum atomic E-state index is 12.9. The highest BCUT2D eigenvalue weighted by Gasteiger charge is 2.19. The van der Waals surface area contributed by atoms with E-state index < -0.39 is 27.0 Å². The van der Waals surface area contributed by atoms with Crippen molar-refractivity contribution >= 4 is 10.0 Å². The quantitative estimate of drug-likeness (QED) is 0.690. The zero-order valence-electron chi connectivity index (χ0n) is 7.38. The van der Waals surface area contributed by atoms with Gasteiger partial charge in [0.15, 0.2) is 5.82 Å². The minimum atomic E-state index is -4.14. The van der Waals surface area contributed by atoms with E-state index in [1.165, 1.54) is 6.92 Å². The molecule has 80 valence electrons. The Kier molecular flexibility index (Phi) is 2.88. The largest absolute Gasteiger partial charge is 0.391 e. The number of aromatic nitrogens is 2. The third-order valence-electron chi connectivity index (χ3n) is 1.41. The molecular weight excluding hydrogens is 213 g/mol. The summed E-state index contributed by atoms with van der Waals surface area (Å²) >= 11 is 0. The molecule has 6 nitrogen and oxygen atoms in total. The molecule has 0 saturated heterocycles. The summed E-state index contributed by atoms with van der Waals surface area (Å²) in [5.74, 6) is -1.02. The summed E-state index contributed by atoms with van der Waals surface area (Å²) < 4.78 is 35.4. The maximum Gasteiger partial charge on any atom is 0.260 e. The van der Waals surface area contributed by atoms with E-state index in [-0.39, 0.29) is 6.54 Å². The minimum Gasteiger partial charge on any atom is -0.391 e. The second-order valence-electron chi connectivity index (χ2n) is 2.90. The first kappa shape index (κ1) is 11.1. The van der Waals surface area contributed by atoms with E-state index in [0.29, 0.717) is 0 Å². The fraction of sp³-hybridized carbons (Fsp3) is 0.500. The second kappa shape index (κ2) is 3.64. The summed E-state index contributed by atoms with van der Waals surface area (Å²) in [6.07, 6.45) is 0.120. The molecule has 0 bridgehead atoms. The average molecular weight is 223 g/mol. The molecule has 14 heavy (non-hydrogen) atoms.